The Labute approximate surface area is 196 Å². The molecular weight excluding hydrogens is 436 g/mol. The summed E-state index contributed by atoms with van der Waals surface area (Å²) in [7, 11) is 3.06. The number of aryl methyl sites for hydroxylation is 1. The summed E-state index contributed by atoms with van der Waals surface area (Å²) in [6.45, 7) is 1.60. The first-order valence-electron chi connectivity index (χ1n) is 10.9. The summed E-state index contributed by atoms with van der Waals surface area (Å²) in [4.78, 5) is 37.6. The van der Waals surface area contributed by atoms with E-state index >= 15 is 0 Å². The molecule has 2 aromatic carbocycles. The zero-order valence-electron chi connectivity index (χ0n) is 19.2. The van der Waals surface area contributed by atoms with Gasteiger partial charge in [0, 0.05) is 20.0 Å². The molecule has 0 unspecified atom stereocenters. The van der Waals surface area contributed by atoms with Gasteiger partial charge in [0.2, 0.25) is 0 Å². The number of carboxylic acid groups (broad SMARTS) is 1. The molecule has 3 aromatic rings. The van der Waals surface area contributed by atoms with Gasteiger partial charge in [0.05, 0.1) is 24.0 Å². The van der Waals surface area contributed by atoms with Crippen molar-refractivity contribution >= 4 is 18.0 Å². The summed E-state index contributed by atoms with van der Waals surface area (Å²) in [6, 6.07) is 15.2. The van der Waals surface area contributed by atoms with Crippen molar-refractivity contribution in [2.24, 2.45) is 7.05 Å². The highest BCUT2D eigenvalue weighted by molar-refractivity contribution is 5.97. The lowest BCUT2D eigenvalue weighted by atomic mass is 9.98. The number of aliphatic carboxylic acids is 1. The second kappa shape index (κ2) is 9.38. The number of carbonyl (C=O) groups excluding carboxylic acids is 2. The Morgan fingerprint density at radius 3 is 2.29 bits per heavy atom. The highest BCUT2D eigenvalue weighted by Crippen LogP contribution is 2.44. The van der Waals surface area contributed by atoms with E-state index < -0.39 is 24.0 Å². The van der Waals surface area contributed by atoms with Gasteiger partial charge in [-0.05, 0) is 29.2 Å². The first-order valence-corrected chi connectivity index (χ1v) is 10.9. The Morgan fingerprint density at radius 1 is 1.12 bits per heavy atom. The van der Waals surface area contributed by atoms with Crippen LogP contribution in [0.3, 0.4) is 0 Å². The van der Waals surface area contributed by atoms with Crippen LogP contribution in [0.15, 0.2) is 54.7 Å². The fourth-order valence-electron chi connectivity index (χ4n) is 4.19. The highest BCUT2D eigenvalue weighted by atomic mass is 16.5. The summed E-state index contributed by atoms with van der Waals surface area (Å²) in [6.07, 6.45) is 0.746. The molecule has 1 aromatic heterocycles. The minimum absolute atomic E-state index is 0.00351. The topological polar surface area (TPSA) is 114 Å². The molecule has 0 saturated heterocycles. The first kappa shape index (κ1) is 23.0. The van der Waals surface area contributed by atoms with Gasteiger partial charge in [-0.2, -0.15) is 5.10 Å². The number of hydrogen-bond donors (Lipinski definition) is 2. The molecular formula is C25H26N4O5. The summed E-state index contributed by atoms with van der Waals surface area (Å²) in [5.41, 5.74) is 5.19. The van der Waals surface area contributed by atoms with Crippen LogP contribution in [0.2, 0.25) is 0 Å². The minimum Gasteiger partial charge on any atom is -0.480 e. The predicted octanol–water partition coefficient (Wildman–Crippen LogP) is 3.00. The quantitative estimate of drug-likeness (QED) is 0.558. The third-order valence-corrected chi connectivity index (χ3v) is 6.29. The largest absolute Gasteiger partial charge is 0.480 e. The normalized spacial score (nSPS) is 13.0. The van der Waals surface area contributed by atoms with E-state index in [2.05, 4.69) is 22.5 Å². The van der Waals surface area contributed by atoms with Gasteiger partial charge in [-0.25, -0.2) is 9.59 Å². The number of nitrogens with one attached hydrogen (secondary N) is 1. The number of rotatable bonds is 7. The van der Waals surface area contributed by atoms with Crippen LogP contribution in [0, 0.1) is 0 Å². The number of nitrogens with zero attached hydrogens (tertiary/aromatic N) is 3. The van der Waals surface area contributed by atoms with Crippen molar-refractivity contribution in [1.29, 1.82) is 0 Å². The molecule has 4 rings (SSSR count). The molecule has 9 nitrogen and oxygen atoms in total. The summed E-state index contributed by atoms with van der Waals surface area (Å²) in [5, 5.41) is 15.9. The number of alkyl carbamates (subject to hydrolysis) is 1. The molecule has 34 heavy (non-hydrogen) atoms. The van der Waals surface area contributed by atoms with E-state index in [1.165, 1.54) is 24.9 Å². The fourth-order valence-corrected chi connectivity index (χ4v) is 4.19. The molecule has 0 bridgehead atoms. The number of hydrogen-bond acceptors (Lipinski definition) is 5. The van der Waals surface area contributed by atoms with Crippen LogP contribution < -0.4 is 5.32 Å². The van der Waals surface area contributed by atoms with Crippen LogP contribution >= 0.6 is 0 Å². The van der Waals surface area contributed by atoms with Crippen molar-refractivity contribution in [2.75, 3.05) is 13.7 Å². The molecule has 9 heteroatoms. The van der Waals surface area contributed by atoms with E-state index in [9.17, 15) is 19.5 Å². The van der Waals surface area contributed by atoms with E-state index in [-0.39, 0.29) is 24.6 Å². The predicted molar refractivity (Wildman–Crippen MR) is 124 cm³/mol. The van der Waals surface area contributed by atoms with E-state index in [1.54, 1.807) is 7.05 Å². The smallest absolute Gasteiger partial charge is 0.407 e. The summed E-state index contributed by atoms with van der Waals surface area (Å²) < 4.78 is 7.01. The Balaban J connectivity index is 1.41. The molecule has 2 N–H and O–H groups in total. The van der Waals surface area contributed by atoms with E-state index in [1.807, 2.05) is 36.4 Å². The lowest BCUT2D eigenvalue weighted by Crippen LogP contribution is -2.40. The molecule has 1 aliphatic carbocycles. The van der Waals surface area contributed by atoms with Gasteiger partial charge in [-0.1, -0.05) is 48.5 Å². The van der Waals surface area contributed by atoms with Crippen molar-refractivity contribution in [3.8, 4) is 11.1 Å². The standard InChI is InChI=1S/C25H26N4O5/c1-15(24(31)32)28(2)23(30)20-12-27-29(3)22(20)13-26-25(33)34-14-21-18-10-6-4-8-16(18)17-9-5-7-11-19(17)21/h4-12,15,21H,13-14H2,1-3H3,(H,26,33)(H,31,32)/t15-/m0/s1. The van der Waals surface area contributed by atoms with E-state index in [0.29, 0.717) is 5.69 Å². The number of carboxylic acids is 1. The summed E-state index contributed by atoms with van der Waals surface area (Å²) in [5.74, 6) is -1.66. The number of benzene rings is 2. The number of amides is 2. The monoisotopic (exact) mass is 462 g/mol. The maximum atomic E-state index is 12.8. The molecule has 0 spiro atoms. The summed E-state index contributed by atoms with van der Waals surface area (Å²) >= 11 is 0. The van der Waals surface area contributed by atoms with Crippen molar-refractivity contribution in [2.45, 2.75) is 25.4 Å². The van der Waals surface area contributed by atoms with Crippen molar-refractivity contribution < 1.29 is 24.2 Å². The Kier molecular flexibility index (Phi) is 6.36. The lowest BCUT2D eigenvalue weighted by Gasteiger charge is -2.21. The van der Waals surface area contributed by atoms with Crippen LogP contribution in [0.25, 0.3) is 11.1 Å². The number of likely N-dealkylation sites (N-methyl/N-ethyl adjacent to an activating group) is 1. The zero-order chi connectivity index (χ0) is 24.4. The van der Waals surface area contributed by atoms with E-state index in [4.69, 9.17) is 4.74 Å². The fraction of sp³-hybridized carbons (Fsp3) is 0.280. The highest BCUT2D eigenvalue weighted by Gasteiger charge is 2.29. The SMILES string of the molecule is C[C@@H](C(=O)O)N(C)C(=O)c1cnn(C)c1CNC(=O)OCC1c2ccccc2-c2ccccc21. The maximum absolute atomic E-state index is 12.8. The zero-order valence-corrected chi connectivity index (χ0v) is 19.2. The third kappa shape index (κ3) is 4.24. The molecule has 1 atom stereocenters. The van der Waals surface area contributed by atoms with Gasteiger partial charge < -0.3 is 20.1 Å². The third-order valence-electron chi connectivity index (χ3n) is 6.29. The molecule has 2 amide bonds. The van der Waals surface area contributed by atoms with Gasteiger partial charge in [0.15, 0.2) is 0 Å². The second-order valence-electron chi connectivity index (χ2n) is 8.24. The van der Waals surface area contributed by atoms with Crippen LogP contribution in [0.5, 0.6) is 0 Å². The van der Waals surface area contributed by atoms with Crippen molar-refractivity contribution in [1.82, 2.24) is 20.0 Å². The molecule has 1 aliphatic rings. The molecule has 0 aliphatic heterocycles. The van der Waals surface area contributed by atoms with E-state index in [0.717, 1.165) is 27.2 Å². The minimum atomic E-state index is -1.11. The van der Waals surface area contributed by atoms with Crippen LogP contribution in [-0.2, 0) is 23.1 Å². The number of aromatic nitrogens is 2. The maximum Gasteiger partial charge on any atom is 0.407 e. The van der Waals surface area contributed by atoms with Gasteiger partial charge in [0.25, 0.3) is 5.91 Å². The first-order chi connectivity index (χ1) is 16.3. The Hall–Kier alpha value is -4.14. The van der Waals surface area contributed by atoms with Gasteiger partial charge in [-0.15, -0.1) is 0 Å². The van der Waals surface area contributed by atoms with Crippen molar-refractivity contribution in [3.05, 3.63) is 77.1 Å². The number of fused-ring (bicyclic) bond motifs is 3. The molecule has 176 valence electrons. The van der Waals surface area contributed by atoms with Gasteiger partial charge in [-0.3, -0.25) is 9.48 Å². The molecule has 0 fully saturated rings. The average molecular weight is 463 g/mol. The number of ether oxygens (including phenoxy) is 1. The van der Waals surface area contributed by atoms with Crippen LogP contribution in [0.1, 0.15) is 40.0 Å². The Bertz CT molecular complexity index is 1210. The number of carbonyl (C=O) groups is 3. The molecule has 0 radical (unpaired) electrons. The van der Waals surface area contributed by atoms with Crippen molar-refractivity contribution in [3.63, 3.8) is 0 Å². The average Bonchev–Trinajstić information content (AvgIpc) is 3.37. The molecule has 0 saturated carbocycles. The lowest BCUT2D eigenvalue weighted by molar-refractivity contribution is -0.141. The molecule has 1 heterocycles. The van der Waals surface area contributed by atoms with Crippen LogP contribution in [-0.4, -0.2) is 57.5 Å². The Morgan fingerprint density at radius 2 is 1.71 bits per heavy atom. The van der Waals surface area contributed by atoms with Gasteiger partial charge >= 0.3 is 12.1 Å². The second-order valence-corrected chi connectivity index (χ2v) is 8.24. The van der Waals surface area contributed by atoms with Crippen LogP contribution in [0.4, 0.5) is 4.79 Å². The van der Waals surface area contributed by atoms with Gasteiger partial charge in [0.1, 0.15) is 12.6 Å².